The molecule has 2 N–H and O–H groups in total. The lowest BCUT2D eigenvalue weighted by Gasteiger charge is -2.16. The summed E-state index contributed by atoms with van der Waals surface area (Å²) in [6.45, 7) is 10.0. The first-order chi connectivity index (χ1) is 16.2. The van der Waals surface area contributed by atoms with E-state index in [0.29, 0.717) is 28.1 Å². The topological polar surface area (TPSA) is 88.9 Å². The van der Waals surface area contributed by atoms with Crippen LogP contribution < -0.4 is 10.6 Å². The van der Waals surface area contributed by atoms with Crippen LogP contribution in [0.5, 0.6) is 0 Å². The Hall–Kier alpha value is -2.62. The number of hydrogen-bond acceptors (Lipinski definition) is 5. The molecule has 2 amide bonds. The number of anilines is 1. The summed E-state index contributed by atoms with van der Waals surface area (Å²) in [5.41, 5.74) is 3.24. The highest BCUT2D eigenvalue weighted by molar-refractivity contribution is 9.10. The Kier molecular flexibility index (Phi) is 8.93. The average Bonchev–Trinajstić information content (AvgIpc) is 3.21. The van der Waals surface area contributed by atoms with Gasteiger partial charge in [-0.15, -0.1) is 16.8 Å². The second-order valence-corrected chi connectivity index (χ2v) is 9.80. The Bertz CT molecular complexity index is 1230. The molecule has 0 aliphatic rings. The van der Waals surface area contributed by atoms with Crippen LogP contribution >= 0.6 is 39.3 Å². The first-order valence-corrected chi connectivity index (χ1v) is 12.7. The second kappa shape index (κ2) is 11.7. The van der Waals surface area contributed by atoms with Gasteiger partial charge in [0, 0.05) is 16.7 Å². The quantitative estimate of drug-likeness (QED) is 0.257. The molecule has 2 aromatic carbocycles. The molecule has 0 unspecified atom stereocenters. The van der Waals surface area contributed by atoms with Crippen molar-refractivity contribution >= 4 is 56.8 Å². The van der Waals surface area contributed by atoms with E-state index in [0.717, 1.165) is 21.3 Å². The fourth-order valence-electron chi connectivity index (χ4n) is 3.25. The van der Waals surface area contributed by atoms with Gasteiger partial charge in [0.2, 0.25) is 5.91 Å². The standard InChI is InChI=1S/C24H25BrClN5O2S/c1-5-12-31-22(16(4)27-23(33)17-8-6-7-9-19(17)26)29-30-24(31)34-13-21(32)28-20-11-10-18(25)14(2)15(20)3/h5-11,16H,1,12-13H2,2-4H3,(H,27,33)(H,28,32)/t16-/m0/s1. The molecular weight excluding hydrogens is 538 g/mol. The van der Waals surface area contributed by atoms with E-state index in [-0.39, 0.29) is 17.6 Å². The van der Waals surface area contributed by atoms with E-state index >= 15 is 0 Å². The number of benzene rings is 2. The van der Waals surface area contributed by atoms with Crippen molar-refractivity contribution in [3.8, 4) is 0 Å². The number of aromatic nitrogens is 3. The van der Waals surface area contributed by atoms with Crippen LogP contribution in [0.2, 0.25) is 5.02 Å². The zero-order chi connectivity index (χ0) is 24.8. The van der Waals surface area contributed by atoms with Gasteiger partial charge >= 0.3 is 0 Å². The Balaban J connectivity index is 1.69. The number of rotatable bonds is 9. The van der Waals surface area contributed by atoms with Crippen molar-refractivity contribution in [3.63, 3.8) is 0 Å². The maximum atomic E-state index is 12.7. The van der Waals surface area contributed by atoms with Crippen LogP contribution in [-0.2, 0) is 11.3 Å². The molecule has 3 aromatic rings. The lowest BCUT2D eigenvalue weighted by atomic mass is 10.1. The molecule has 0 aliphatic carbocycles. The summed E-state index contributed by atoms with van der Waals surface area (Å²) >= 11 is 10.9. The maximum Gasteiger partial charge on any atom is 0.253 e. The number of halogens is 2. The molecule has 34 heavy (non-hydrogen) atoms. The Morgan fingerprint density at radius 3 is 2.65 bits per heavy atom. The van der Waals surface area contributed by atoms with E-state index in [4.69, 9.17) is 11.6 Å². The minimum Gasteiger partial charge on any atom is -0.342 e. The maximum absolute atomic E-state index is 12.7. The van der Waals surface area contributed by atoms with Crippen LogP contribution in [-0.4, -0.2) is 32.3 Å². The third-order valence-electron chi connectivity index (χ3n) is 5.24. The fourth-order valence-corrected chi connectivity index (χ4v) is 4.66. The molecular formula is C24H25BrClN5O2S. The van der Waals surface area contributed by atoms with Gasteiger partial charge in [-0.25, -0.2) is 0 Å². The van der Waals surface area contributed by atoms with Crippen LogP contribution in [0.1, 0.15) is 40.3 Å². The van der Waals surface area contributed by atoms with Crippen LogP contribution in [0.15, 0.2) is 58.7 Å². The van der Waals surface area contributed by atoms with Gasteiger partial charge in [-0.2, -0.15) is 0 Å². The number of allylic oxidation sites excluding steroid dienone is 1. The highest BCUT2D eigenvalue weighted by Gasteiger charge is 2.21. The van der Waals surface area contributed by atoms with Crippen LogP contribution in [0.4, 0.5) is 5.69 Å². The van der Waals surface area contributed by atoms with Crippen molar-refractivity contribution in [3.05, 3.63) is 81.1 Å². The molecule has 0 aliphatic heterocycles. The van der Waals surface area contributed by atoms with Crippen LogP contribution in [0.3, 0.4) is 0 Å². The van der Waals surface area contributed by atoms with E-state index in [1.54, 1.807) is 30.3 Å². The summed E-state index contributed by atoms with van der Waals surface area (Å²) in [5, 5.41) is 15.3. The van der Waals surface area contributed by atoms with E-state index in [1.165, 1.54) is 11.8 Å². The zero-order valence-corrected chi connectivity index (χ0v) is 22.2. The molecule has 7 nitrogen and oxygen atoms in total. The van der Waals surface area contributed by atoms with Crippen LogP contribution in [0, 0.1) is 13.8 Å². The third kappa shape index (κ3) is 6.08. The normalized spacial score (nSPS) is 11.7. The van der Waals surface area contributed by atoms with E-state index in [9.17, 15) is 9.59 Å². The van der Waals surface area contributed by atoms with E-state index in [2.05, 4.69) is 43.3 Å². The molecule has 0 spiro atoms. The van der Waals surface area contributed by atoms with E-state index in [1.807, 2.05) is 37.5 Å². The summed E-state index contributed by atoms with van der Waals surface area (Å²) in [6.07, 6.45) is 1.72. The summed E-state index contributed by atoms with van der Waals surface area (Å²) in [4.78, 5) is 25.2. The number of nitrogens with one attached hydrogen (secondary N) is 2. The van der Waals surface area contributed by atoms with Crippen molar-refractivity contribution < 1.29 is 9.59 Å². The molecule has 0 bridgehead atoms. The lowest BCUT2D eigenvalue weighted by molar-refractivity contribution is -0.113. The Morgan fingerprint density at radius 2 is 1.94 bits per heavy atom. The molecule has 3 rings (SSSR count). The van der Waals surface area contributed by atoms with Crippen molar-refractivity contribution in [1.82, 2.24) is 20.1 Å². The minimum atomic E-state index is -0.437. The fraction of sp³-hybridized carbons (Fsp3) is 0.250. The number of amides is 2. The smallest absolute Gasteiger partial charge is 0.253 e. The molecule has 1 atom stereocenters. The molecule has 0 radical (unpaired) electrons. The number of carbonyl (C=O) groups is 2. The molecule has 0 saturated carbocycles. The van der Waals surface area contributed by atoms with Crippen molar-refractivity contribution in [2.24, 2.45) is 0 Å². The average molecular weight is 563 g/mol. The van der Waals surface area contributed by atoms with Gasteiger partial charge in [0.1, 0.15) is 0 Å². The first kappa shape index (κ1) is 26.0. The molecule has 10 heteroatoms. The predicted molar refractivity (Wildman–Crippen MR) is 141 cm³/mol. The molecule has 0 fully saturated rings. The summed E-state index contributed by atoms with van der Waals surface area (Å²) < 4.78 is 2.83. The third-order valence-corrected chi connectivity index (χ3v) is 7.39. The van der Waals surface area contributed by atoms with Crippen molar-refractivity contribution in [1.29, 1.82) is 0 Å². The Labute approximate surface area is 216 Å². The molecule has 178 valence electrons. The van der Waals surface area contributed by atoms with Gasteiger partial charge in [0.15, 0.2) is 11.0 Å². The molecule has 1 aromatic heterocycles. The monoisotopic (exact) mass is 561 g/mol. The minimum absolute atomic E-state index is 0.149. The number of nitrogens with zero attached hydrogens (tertiary/aromatic N) is 3. The summed E-state index contributed by atoms with van der Waals surface area (Å²) in [5.74, 6) is 0.261. The van der Waals surface area contributed by atoms with Gasteiger partial charge in [-0.1, -0.05) is 57.5 Å². The SMILES string of the molecule is C=CCn1c(SCC(=O)Nc2ccc(Br)c(C)c2C)nnc1[C@H](C)NC(=O)c1ccccc1Cl. The molecule has 0 saturated heterocycles. The Morgan fingerprint density at radius 1 is 1.21 bits per heavy atom. The van der Waals surface area contributed by atoms with Gasteiger partial charge in [0.25, 0.3) is 5.91 Å². The molecule has 1 heterocycles. The van der Waals surface area contributed by atoms with Crippen LogP contribution in [0.25, 0.3) is 0 Å². The van der Waals surface area contributed by atoms with E-state index < -0.39 is 6.04 Å². The summed E-state index contributed by atoms with van der Waals surface area (Å²) in [6, 6.07) is 10.2. The number of thioether (sulfide) groups is 1. The highest BCUT2D eigenvalue weighted by atomic mass is 79.9. The second-order valence-electron chi connectivity index (χ2n) is 7.60. The largest absolute Gasteiger partial charge is 0.342 e. The van der Waals surface area contributed by atoms with Gasteiger partial charge < -0.3 is 15.2 Å². The van der Waals surface area contributed by atoms with Gasteiger partial charge in [0.05, 0.1) is 22.4 Å². The lowest BCUT2D eigenvalue weighted by Crippen LogP contribution is -2.29. The van der Waals surface area contributed by atoms with Gasteiger partial charge in [-0.05, 0) is 56.2 Å². The first-order valence-electron chi connectivity index (χ1n) is 10.5. The van der Waals surface area contributed by atoms with Crippen molar-refractivity contribution in [2.45, 2.75) is 38.5 Å². The highest BCUT2D eigenvalue weighted by Crippen LogP contribution is 2.27. The van der Waals surface area contributed by atoms with Crippen molar-refractivity contribution in [2.75, 3.05) is 11.1 Å². The number of carbonyl (C=O) groups excluding carboxylic acids is 2. The zero-order valence-electron chi connectivity index (χ0n) is 19.1. The van der Waals surface area contributed by atoms with Gasteiger partial charge in [-0.3, -0.25) is 9.59 Å². The predicted octanol–water partition coefficient (Wildman–Crippen LogP) is 5.72. The summed E-state index contributed by atoms with van der Waals surface area (Å²) in [7, 11) is 0. The number of hydrogen-bond donors (Lipinski definition) is 2.